The quantitative estimate of drug-likeness (QED) is 0.920. The van der Waals surface area contributed by atoms with E-state index in [-0.39, 0.29) is 11.8 Å². The minimum atomic E-state index is 0.0656. The van der Waals surface area contributed by atoms with E-state index in [9.17, 15) is 4.79 Å². The Hall–Kier alpha value is -1.71. The third kappa shape index (κ3) is 3.44. The topological polar surface area (TPSA) is 47.6 Å². The molecule has 1 amide bonds. The zero-order valence-corrected chi connectivity index (χ0v) is 12.4. The Morgan fingerprint density at radius 2 is 1.95 bits per heavy atom. The van der Waals surface area contributed by atoms with E-state index in [0.717, 1.165) is 23.5 Å². The fraction of sp³-hybridized carbons (Fsp3) is 0.562. The van der Waals surface area contributed by atoms with Crippen molar-refractivity contribution < 1.29 is 14.3 Å². The molecule has 4 heteroatoms. The molecule has 2 rings (SSSR count). The van der Waals surface area contributed by atoms with Gasteiger partial charge < -0.3 is 14.8 Å². The van der Waals surface area contributed by atoms with E-state index >= 15 is 0 Å². The van der Waals surface area contributed by atoms with Crippen LogP contribution in [-0.4, -0.2) is 26.2 Å². The van der Waals surface area contributed by atoms with Crippen molar-refractivity contribution in [2.75, 3.05) is 20.3 Å². The number of fused-ring (bicyclic) bond motifs is 1. The molecule has 1 heterocycles. The molecule has 0 fully saturated rings. The zero-order valence-electron chi connectivity index (χ0n) is 12.4. The summed E-state index contributed by atoms with van der Waals surface area (Å²) in [5.41, 5.74) is 1.13. The minimum Gasteiger partial charge on any atom is -0.490 e. The second-order valence-electron chi connectivity index (χ2n) is 5.48. The van der Waals surface area contributed by atoms with Crippen LogP contribution in [0.4, 0.5) is 0 Å². The summed E-state index contributed by atoms with van der Waals surface area (Å²) in [6, 6.07) is 6.02. The fourth-order valence-electron chi connectivity index (χ4n) is 2.45. The van der Waals surface area contributed by atoms with Gasteiger partial charge in [0.2, 0.25) is 5.91 Å². The molecule has 1 aromatic rings. The summed E-state index contributed by atoms with van der Waals surface area (Å²) in [6.07, 6.45) is 1.39. The van der Waals surface area contributed by atoms with Gasteiger partial charge in [0.15, 0.2) is 11.5 Å². The molecule has 0 saturated heterocycles. The normalized spacial score (nSPS) is 15.6. The molecule has 0 spiro atoms. The van der Waals surface area contributed by atoms with Crippen molar-refractivity contribution in [3.05, 3.63) is 23.8 Å². The van der Waals surface area contributed by atoms with Gasteiger partial charge in [-0.25, -0.2) is 0 Å². The molecule has 0 bridgehead atoms. The lowest BCUT2D eigenvalue weighted by Crippen LogP contribution is -2.22. The van der Waals surface area contributed by atoms with Crippen molar-refractivity contribution in [1.29, 1.82) is 0 Å². The summed E-state index contributed by atoms with van der Waals surface area (Å²) in [5, 5.41) is 2.70. The molecule has 1 unspecified atom stereocenters. The van der Waals surface area contributed by atoms with Gasteiger partial charge in [0.1, 0.15) is 0 Å². The minimum absolute atomic E-state index is 0.0656. The van der Waals surface area contributed by atoms with Gasteiger partial charge in [0, 0.05) is 19.9 Å². The summed E-state index contributed by atoms with van der Waals surface area (Å²) < 4.78 is 11.4. The van der Waals surface area contributed by atoms with Crippen LogP contribution in [0, 0.1) is 5.92 Å². The van der Waals surface area contributed by atoms with Crippen molar-refractivity contribution in [1.82, 2.24) is 5.32 Å². The predicted octanol–water partition coefficient (Wildman–Crippen LogP) is 2.72. The maximum absolute atomic E-state index is 11.7. The zero-order chi connectivity index (χ0) is 14.5. The van der Waals surface area contributed by atoms with Gasteiger partial charge in [-0.2, -0.15) is 0 Å². The SMILES string of the molecule is CNC(=O)CC(c1ccc2c(c1)OCCCO2)C(C)C. The Morgan fingerprint density at radius 1 is 1.25 bits per heavy atom. The molecule has 0 saturated carbocycles. The molecule has 0 aliphatic carbocycles. The highest BCUT2D eigenvalue weighted by molar-refractivity contribution is 5.76. The van der Waals surface area contributed by atoms with Gasteiger partial charge in [-0.1, -0.05) is 19.9 Å². The number of nitrogens with one attached hydrogen (secondary N) is 1. The van der Waals surface area contributed by atoms with Gasteiger partial charge in [0.05, 0.1) is 13.2 Å². The Labute approximate surface area is 120 Å². The standard InChI is InChI=1S/C16H23NO3/c1-11(2)13(10-16(18)17-3)12-5-6-14-15(9-12)20-8-4-7-19-14/h5-6,9,11,13H,4,7-8,10H2,1-3H3,(H,17,18). The largest absolute Gasteiger partial charge is 0.490 e. The van der Waals surface area contributed by atoms with Crippen LogP contribution in [0.3, 0.4) is 0 Å². The van der Waals surface area contributed by atoms with E-state index in [1.54, 1.807) is 7.05 Å². The lowest BCUT2D eigenvalue weighted by atomic mass is 9.85. The molecule has 1 aliphatic rings. The summed E-state index contributed by atoms with van der Waals surface area (Å²) in [7, 11) is 1.67. The highest BCUT2D eigenvalue weighted by atomic mass is 16.5. The predicted molar refractivity (Wildman–Crippen MR) is 78.3 cm³/mol. The van der Waals surface area contributed by atoms with Crippen LogP contribution in [0.25, 0.3) is 0 Å². The molecule has 20 heavy (non-hydrogen) atoms. The Balaban J connectivity index is 2.25. The first-order valence-corrected chi connectivity index (χ1v) is 7.22. The van der Waals surface area contributed by atoms with Crippen LogP contribution in [0.2, 0.25) is 0 Å². The Kier molecular flexibility index (Phi) is 4.88. The van der Waals surface area contributed by atoms with Gasteiger partial charge >= 0.3 is 0 Å². The number of carbonyl (C=O) groups is 1. The first-order chi connectivity index (χ1) is 9.61. The molecular formula is C16H23NO3. The van der Waals surface area contributed by atoms with Crippen LogP contribution in [0.1, 0.15) is 38.2 Å². The molecule has 1 aromatic carbocycles. The summed E-state index contributed by atoms with van der Waals surface area (Å²) >= 11 is 0. The summed E-state index contributed by atoms with van der Waals surface area (Å²) in [5.74, 6) is 2.23. The van der Waals surface area contributed by atoms with Crippen LogP contribution in [0.5, 0.6) is 11.5 Å². The maximum atomic E-state index is 11.7. The van der Waals surface area contributed by atoms with E-state index < -0.39 is 0 Å². The van der Waals surface area contributed by atoms with E-state index in [1.807, 2.05) is 18.2 Å². The summed E-state index contributed by atoms with van der Waals surface area (Å²) in [4.78, 5) is 11.7. The van der Waals surface area contributed by atoms with Crippen molar-refractivity contribution in [2.24, 2.45) is 5.92 Å². The molecular weight excluding hydrogens is 254 g/mol. The second-order valence-corrected chi connectivity index (χ2v) is 5.48. The number of carbonyl (C=O) groups excluding carboxylic acids is 1. The maximum Gasteiger partial charge on any atom is 0.220 e. The van der Waals surface area contributed by atoms with Crippen molar-refractivity contribution in [2.45, 2.75) is 32.6 Å². The third-order valence-corrected chi connectivity index (χ3v) is 3.69. The van der Waals surface area contributed by atoms with Gasteiger partial charge in [-0.3, -0.25) is 4.79 Å². The highest BCUT2D eigenvalue weighted by Gasteiger charge is 2.21. The van der Waals surface area contributed by atoms with Crippen molar-refractivity contribution in [3.63, 3.8) is 0 Å². The molecule has 0 radical (unpaired) electrons. The average Bonchev–Trinajstić information content (AvgIpc) is 2.68. The van der Waals surface area contributed by atoms with Gasteiger partial charge in [-0.05, 0) is 29.5 Å². The molecule has 110 valence electrons. The first kappa shape index (κ1) is 14.7. The lowest BCUT2D eigenvalue weighted by molar-refractivity contribution is -0.121. The Morgan fingerprint density at radius 3 is 2.60 bits per heavy atom. The van der Waals surface area contributed by atoms with Crippen LogP contribution in [0.15, 0.2) is 18.2 Å². The van der Waals surface area contributed by atoms with E-state index in [4.69, 9.17) is 9.47 Å². The van der Waals surface area contributed by atoms with E-state index in [2.05, 4.69) is 19.2 Å². The number of amides is 1. The van der Waals surface area contributed by atoms with Gasteiger partial charge in [0.25, 0.3) is 0 Å². The van der Waals surface area contributed by atoms with Gasteiger partial charge in [-0.15, -0.1) is 0 Å². The monoisotopic (exact) mass is 277 g/mol. The van der Waals surface area contributed by atoms with Crippen molar-refractivity contribution >= 4 is 5.91 Å². The van der Waals surface area contributed by atoms with Crippen molar-refractivity contribution in [3.8, 4) is 11.5 Å². The lowest BCUT2D eigenvalue weighted by Gasteiger charge is -2.21. The van der Waals surface area contributed by atoms with Crippen LogP contribution >= 0.6 is 0 Å². The number of benzene rings is 1. The third-order valence-electron chi connectivity index (χ3n) is 3.69. The molecule has 1 atom stereocenters. The van der Waals surface area contributed by atoms with Crippen LogP contribution < -0.4 is 14.8 Å². The average molecular weight is 277 g/mol. The number of hydrogen-bond acceptors (Lipinski definition) is 3. The fourth-order valence-corrected chi connectivity index (χ4v) is 2.45. The van der Waals surface area contributed by atoms with Crippen LogP contribution in [-0.2, 0) is 4.79 Å². The number of ether oxygens (including phenoxy) is 2. The second kappa shape index (κ2) is 6.64. The number of rotatable bonds is 4. The molecule has 4 nitrogen and oxygen atoms in total. The van der Waals surface area contributed by atoms with E-state index in [0.29, 0.717) is 25.6 Å². The molecule has 0 aromatic heterocycles. The first-order valence-electron chi connectivity index (χ1n) is 7.22. The Bertz CT molecular complexity index is 471. The molecule has 1 aliphatic heterocycles. The summed E-state index contributed by atoms with van der Waals surface area (Å²) in [6.45, 7) is 5.64. The highest BCUT2D eigenvalue weighted by Crippen LogP contribution is 2.36. The van der Waals surface area contributed by atoms with E-state index in [1.165, 1.54) is 0 Å². The smallest absolute Gasteiger partial charge is 0.220 e. The molecule has 1 N–H and O–H groups in total. The number of hydrogen-bond donors (Lipinski definition) is 1.